The van der Waals surface area contributed by atoms with E-state index in [2.05, 4.69) is 5.32 Å². The Morgan fingerprint density at radius 2 is 1.75 bits per heavy atom. The number of anilines is 1. The molecule has 0 atom stereocenters. The molecule has 0 aromatic heterocycles. The quantitative estimate of drug-likeness (QED) is 0.467. The van der Waals surface area contributed by atoms with Crippen molar-refractivity contribution in [1.29, 1.82) is 0 Å². The van der Waals surface area contributed by atoms with Crippen molar-refractivity contribution in [2.24, 2.45) is 0 Å². The molecule has 0 unspecified atom stereocenters. The average molecular weight is 473 g/mol. The van der Waals surface area contributed by atoms with Crippen molar-refractivity contribution in [2.75, 3.05) is 23.7 Å². The molecule has 0 heterocycles. The minimum atomic E-state index is -3.52. The highest BCUT2D eigenvalue weighted by Crippen LogP contribution is 2.24. The maximum atomic E-state index is 12.4. The Labute approximate surface area is 193 Å². The molecule has 3 rings (SSSR count). The summed E-state index contributed by atoms with van der Waals surface area (Å²) in [6.07, 6.45) is 1.15. The summed E-state index contributed by atoms with van der Waals surface area (Å²) < 4.78 is 31.6. The third-order valence-corrected chi connectivity index (χ3v) is 6.15. The number of halogens is 1. The third kappa shape index (κ3) is 6.48. The molecule has 1 amide bonds. The molecule has 3 aromatic carbocycles. The van der Waals surface area contributed by atoms with E-state index in [0.717, 1.165) is 23.1 Å². The number of para-hydroxylation sites is 1. The molecule has 0 saturated carbocycles. The molecule has 0 saturated heterocycles. The molecule has 0 radical (unpaired) electrons. The smallest absolute Gasteiger partial charge is 0.251 e. The molecule has 0 bridgehead atoms. The van der Waals surface area contributed by atoms with E-state index in [1.54, 1.807) is 48.5 Å². The summed E-state index contributed by atoms with van der Waals surface area (Å²) in [5.41, 5.74) is 2.75. The van der Waals surface area contributed by atoms with Crippen LogP contribution >= 0.6 is 11.6 Å². The first-order valence-corrected chi connectivity index (χ1v) is 12.3. The van der Waals surface area contributed by atoms with Crippen LogP contribution in [-0.2, 0) is 16.6 Å². The average Bonchev–Trinajstić information content (AvgIpc) is 2.75. The standard InChI is InChI=1S/C24H25ClN2O4S/c1-18-6-3-4-9-23(18)31-15-14-26-24(28)20-12-10-19(11-13-20)17-27(32(2,29)30)22-8-5-7-21(25)16-22/h3-13,16H,14-15,17H2,1-2H3,(H,26,28). The van der Waals surface area contributed by atoms with Gasteiger partial charge in [0.25, 0.3) is 5.91 Å². The predicted octanol–water partition coefficient (Wildman–Crippen LogP) is 4.42. The molecule has 6 nitrogen and oxygen atoms in total. The van der Waals surface area contributed by atoms with Gasteiger partial charge in [-0.05, 0) is 54.4 Å². The Bertz CT molecular complexity index is 1180. The zero-order valence-electron chi connectivity index (χ0n) is 17.9. The van der Waals surface area contributed by atoms with Crippen molar-refractivity contribution < 1.29 is 17.9 Å². The van der Waals surface area contributed by atoms with Crippen LogP contribution in [0.4, 0.5) is 5.69 Å². The summed E-state index contributed by atoms with van der Waals surface area (Å²) in [5.74, 6) is 0.570. The lowest BCUT2D eigenvalue weighted by Crippen LogP contribution is -2.29. The predicted molar refractivity (Wildman–Crippen MR) is 128 cm³/mol. The van der Waals surface area contributed by atoms with Gasteiger partial charge in [0.2, 0.25) is 10.0 Å². The summed E-state index contributed by atoms with van der Waals surface area (Å²) in [5, 5.41) is 3.27. The number of nitrogens with zero attached hydrogens (tertiary/aromatic N) is 1. The van der Waals surface area contributed by atoms with Crippen molar-refractivity contribution in [3.63, 3.8) is 0 Å². The van der Waals surface area contributed by atoms with Crippen molar-refractivity contribution in [3.05, 3.63) is 94.5 Å². The molecule has 0 spiro atoms. The van der Waals surface area contributed by atoms with Crippen LogP contribution in [0.1, 0.15) is 21.5 Å². The number of sulfonamides is 1. The maximum Gasteiger partial charge on any atom is 0.251 e. The number of benzene rings is 3. The minimum Gasteiger partial charge on any atom is -0.491 e. The number of hydrogen-bond donors (Lipinski definition) is 1. The van der Waals surface area contributed by atoms with Crippen LogP contribution in [0.15, 0.2) is 72.8 Å². The van der Waals surface area contributed by atoms with Gasteiger partial charge in [0.1, 0.15) is 12.4 Å². The molecule has 0 aliphatic heterocycles. The molecule has 0 fully saturated rings. The number of carbonyl (C=O) groups is 1. The molecule has 0 aliphatic rings. The van der Waals surface area contributed by atoms with Crippen molar-refractivity contribution in [2.45, 2.75) is 13.5 Å². The van der Waals surface area contributed by atoms with E-state index < -0.39 is 10.0 Å². The van der Waals surface area contributed by atoms with E-state index in [1.165, 1.54) is 4.31 Å². The van der Waals surface area contributed by atoms with Gasteiger partial charge in [-0.2, -0.15) is 0 Å². The van der Waals surface area contributed by atoms with Gasteiger partial charge in [-0.1, -0.05) is 48.0 Å². The normalized spacial score (nSPS) is 11.1. The van der Waals surface area contributed by atoms with Gasteiger partial charge in [0.05, 0.1) is 25.0 Å². The van der Waals surface area contributed by atoms with Gasteiger partial charge in [-0.3, -0.25) is 9.10 Å². The molecule has 0 aliphatic carbocycles. The SMILES string of the molecule is Cc1ccccc1OCCNC(=O)c1ccc(CN(c2cccc(Cl)c2)S(C)(=O)=O)cc1. The number of aryl methyl sites for hydroxylation is 1. The molecular weight excluding hydrogens is 448 g/mol. The number of carbonyl (C=O) groups excluding carboxylic acids is 1. The molecular formula is C24H25ClN2O4S. The van der Waals surface area contributed by atoms with Gasteiger partial charge in [0, 0.05) is 10.6 Å². The molecule has 32 heavy (non-hydrogen) atoms. The zero-order chi connectivity index (χ0) is 23.1. The lowest BCUT2D eigenvalue weighted by Gasteiger charge is -2.22. The Kier molecular flexibility index (Phi) is 7.77. The summed E-state index contributed by atoms with van der Waals surface area (Å²) >= 11 is 6.02. The van der Waals surface area contributed by atoms with E-state index in [9.17, 15) is 13.2 Å². The highest BCUT2D eigenvalue weighted by molar-refractivity contribution is 7.92. The highest BCUT2D eigenvalue weighted by atomic mass is 35.5. The topological polar surface area (TPSA) is 75.7 Å². The summed E-state index contributed by atoms with van der Waals surface area (Å²) in [4.78, 5) is 12.4. The zero-order valence-corrected chi connectivity index (χ0v) is 19.5. The Balaban J connectivity index is 1.58. The second kappa shape index (κ2) is 10.5. The second-order valence-electron chi connectivity index (χ2n) is 7.32. The van der Waals surface area contributed by atoms with Crippen LogP contribution < -0.4 is 14.4 Å². The number of rotatable bonds is 9. The number of hydrogen-bond acceptors (Lipinski definition) is 4. The van der Waals surface area contributed by atoms with Crippen LogP contribution in [0.2, 0.25) is 5.02 Å². The Morgan fingerprint density at radius 3 is 2.41 bits per heavy atom. The van der Waals surface area contributed by atoms with Crippen molar-refractivity contribution >= 4 is 33.2 Å². The molecule has 3 aromatic rings. The van der Waals surface area contributed by atoms with E-state index in [-0.39, 0.29) is 12.5 Å². The fourth-order valence-corrected chi connectivity index (χ4v) is 4.17. The van der Waals surface area contributed by atoms with Crippen LogP contribution in [0.5, 0.6) is 5.75 Å². The highest BCUT2D eigenvalue weighted by Gasteiger charge is 2.18. The van der Waals surface area contributed by atoms with Gasteiger partial charge in [0.15, 0.2) is 0 Å². The van der Waals surface area contributed by atoms with E-state index in [0.29, 0.717) is 29.4 Å². The molecule has 1 N–H and O–H groups in total. The molecule has 168 valence electrons. The van der Waals surface area contributed by atoms with Crippen LogP contribution in [0.25, 0.3) is 0 Å². The molecule has 8 heteroatoms. The summed E-state index contributed by atoms with van der Waals surface area (Å²) in [6, 6.07) is 21.2. The van der Waals surface area contributed by atoms with Crippen LogP contribution in [0.3, 0.4) is 0 Å². The monoisotopic (exact) mass is 472 g/mol. The Hall–Kier alpha value is -3.03. The fraction of sp³-hybridized carbons (Fsp3) is 0.208. The first-order valence-electron chi connectivity index (χ1n) is 10.0. The van der Waals surface area contributed by atoms with Crippen LogP contribution in [-0.4, -0.2) is 33.7 Å². The lowest BCUT2D eigenvalue weighted by atomic mass is 10.1. The van der Waals surface area contributed by atoms with Gasteiger partial charge in [-0.25, -0.2) is 8.42 Å². The van der Waals surface area contributed by atoms with Crippen molar-refractivity contribution in [1.82, 2.24) is 5.32 Å². The van der Waals surface area contributed by atoms with E-state index >= 15 is 0 Å². The van der Waals surface area contributed by atoms with Crippen molar-refractivity contribution in [3.8, 4) is 5.75 Å². The maximum absolute atomic E-state index is 12.4. The summed E-state index contributed by atoms with van der Waals surface area (Å²) in [6.45, 7) is 2.82. The van der Waals surface area contributed by atoms with Gasteiger partial charge in [-0.15, -0.1) is 0 Å². The minimum absolute atomic E-state index is 0.130. The fourth-order valence-electron chi connectivity index (χ4n) is 3.10. The number of nitrogens with one attached hydrogen (secondary N) is 1. The Morgan fingerprint density at radius 1 is 1.03 bits per heavy atom. The number of ether oxygens (including phenoxy) is 1. The second-order valence-corrected chi connectivity index (χ2v) is 9.66. The third-order valence-electron chi connectivity index (χ3n) is 4.78. The number of amides is 1. The summed E-state index contributed by atoms with van der Waals surface area (Å²) in [7, 11) is -3.52. The first kappa shape index (κ1) is 23.6. The van der Waals surface area contributed by atoms with E-state index in [4.69, 9.17) is 16.3 Å². The lowest BCUT2D eigenvalue weighted by molar-refractivity contribution is 0.0947. The first-order chi connectivity index (χ1) is 15.2. The van der Waals surface area contributed by atoms with Gasteiger partial charge < -0.3 is 10.1 Å². The largest absolute Gasteiger partial charge is 0.491 e. The van der Waals surface area contributed by atoms with Crippen LogP contribution in [0, 0.1) is 6.92 Å². The van der Waals surface area contributed by atoms with E-state index in [1.807, 2.05) is 31.2 Å². The van der Waals surface area contributed by atoms with Gasteiger partial charge >= 0.3 is 0 Å².